The van der Waals surface area contributed by atoms with Crippen molar-refractivity contribution < 1.29 is 14.3 Å². The summed E-state index contributed by atoms with van der Waals surface area (Å²) >= 11 is 1.17. The Morgan fingerprint density at radius 2 is 1.96 bits per heavy atom. The van der Waals surface area contributed by atoms with E-state index < -0.39 is 5.97 Å². The van der Waals surface area contributed by atoms with Crippen molar-refractivity contribution in [1.82, 2.24) is 4.98 Å². The number of nitrogens with zero attached hydrogens (tertiary/aromatic N) is 2. The summed E-state index contributed by atoms with van der Waals surface area (Å²) in [6.45, 7) is 6.79. The number of hydrogen-bond acceptors (Lipinski definition) is 6. The van der Waals surface area contributed by atoms with Gasteiger partial charge in [0, 0.05) is 17.6 Å². The van der Waals surface area contributed by atoms with Gasteiger partial charge < -0.3 is 15.0 Å². The van der Waals surface area contributed by atoms with Gasteiger partial charge in [0.25, 0.3) is 0 Å². The van der Waals surface area contributed by atoms with Crippen molar-refractivity contribution in [3.8, 4) is 0 Å². The number of amides is 1. The molecule has 1 atom stereocenters. The summed E-state index contributed by atoms with van der Waals surface area (Å²) in [7, 11) is 1.35. The lowest BCUT2D eigenvalue weighted by molar-refractivity contribution is -0.117. The van der Waals surface area contributed by atoms with Crippen molar-refractivity contribution in [3.63, 3.8) is 0 Å². The Labute approximate surface area is 163 Å². The van der Waals surface area contributed by atoms with Gasteiger partial charge in [0.05, 0.1) is 12.8 Å². The Morgan fingerprint density at radius 1 is 1.26 bits per heavy atom. The van der Waals surface area contributed by atoms with Gasteiger partial charge >= 0.3 is 5.97 Å². The van der Waals surface area contributed by atoms with E-state index in [-0.39, 0.29) is 17.4 Å². The molecule has 6 nitrogen and oxygen atoms in total. The second kappa shape index (κ2) is 7.68. The van der Waals surface area contributed by atoms with Gasteiger partial charge in [-0.05, 0) is 25.0 Å². The number of aromatic nitrogens is 1. The third-order valence-electron chi connectivity index (χ3n) is 4.58. The number of thiazole rings is 1. The zero-order valence-electron chi connectivity index (χ0n) is 16.1. The number of carbonyl (C=O) groups is 2. The quantitative estimate of drug-likeness (QED) is 0.807. The highest BCUT2D eigenvalue weighted by molar-refractivity contribution is 7.17. The van der Waals surface area contributed by atoms with Crippen LogP contribution >= 0.6 is 11.3 Å². The van der Waals surface area contributed by atoms with Crippen molar-refractivity contribution in [2.45, 2.75) is 45.1 Å². The third-order valence-corrected chi connectivity index (χ3v) is 5.53. The van der Waals surface area contributed by atoms with E-state index >= 15 is 0 Å². The molecule has 1 N–H and O–H groups in total. The van der Waals surface area contributed by atoms with Crippen LogP contribution in [0.3, 0.4) is 0 Å². The lowest BCUT2D eigenvalue weighted by Gasteiger charge is -2.25. The normalized spacial score (nSPS) is 17.0. The first-order valence-corrected chi connectivity index (χ1v) is 9.85. The predicted octanol–water partition coefficient (Wildman–Crippen LogP) is 3.83. The van der Waals surface area contributed by atoms with Crippen LogP contribution in [0.25, 0.3) is 0 Å². The predicted molar refractivity (Wildman–Crippen MR) is 108 cm³/mol. The minimum Gasteiger partial charge on any atom is -0.465 e. The molecule has 1 saturated heterocycles. The molecule has 144 valence electrons. The Hall–Kier alpha value is -2.41. The lowest BCUT2D eigenvalue weighted by atomic mass is 9.91. The first-order chi connectivity index (χ1) is 12.8. The summed E-state index contributed by atoms with van der Waals surface area (Å²) in [5.41, 5.74) is 1.35. The molecule has 0 unspecified atom stereocenters. The van der Waals surface area contributed by atoms with Crippen LogP contribution in [-0.4, -0.2) is 36.6 Å². The monoisotopic (exact) mass is 387 g/mol. The Balaban J connectivity index is 1.81. The average Bonchev–Trinajstić information content (AvgIpc) is 3.28. The van der Waals surface area contributed by atoms with E-state index in [9.17, 15) is 9.59 Å². The fraction of sp³-hybridized carbons (Fsp3) is 0.450. The number of methoxy groups -OCH3 is 1. The molecule has 3 rings (SSSR count). The van der Waals surface area contributed by atoms with E-state index in [2.05, 4.69) is 15.2 Å². The van der Waals surface area contributed by atoms with E-state index in [1.807, 2.05) is 51.1 Å². The number of rotatable bonds is 4. The van der Waals surface area contributed by atoms with Gasteiger partial charge in [0.15, 0.2) is 5.13 Å². The van der Waals surface area contributed by atoms with Crippen LogP contribution in [0.5, 0.6) is 0 Å². The maximum atomic E-state index is 12.9. The molecule has 1 aliphatic rings. The molecule has 2 heterocycles. The highest BCUT2D eigenvalue weighted by Gasteiger charge is 2.33. The molecule has 0 spiro atoms. The molecule has 1 fully saturated rings. The summed E-state index contributed by atoms with van der Waals surface area (Å²) in [5.74, 6) is -0.522. The van der Waals surface area contributed by atoms with Gasteiger partial charge in [-0.3, -0.25) is 4.79 Å². The molecule has 0 saturated carbocycles. The number of nitrogens with one attached hydrogen (secondary N) is 1. The number of benzene rings is 1. The molecule has 7 heteroatoms. The molecule has 0 radical (unpaired) electrons. The van der Waals surface area contributed by atoms with Crippen LogP contribution in [-0.2, 0) is 14.9 Å². The standard InChI is InChI=1S/C20H25N3O3S/c1-20(2,3)16-15(18(25)26-4)27-19(21-16)22-17(24)14-11-8-12-23(14)13-9-6-5-7-10-13/h5-7,9-10,14H,8,11-12H2,1-4H3,(H,21,22,24)/t14-/m0/s1. The molecule has 1 aromatic carbocycles. The Kier molecular flexibility index (Phi) is 5.51. The number of hydrogen-bond donors (Lipinski definition) is 1. The maximum absolute atomic E-state index is 12.9. The fourth-order valence-corrected chi connectivity index (χ4v) is 4.37. The van der Waals surface area contributed by atoms with Crippen LogP contribution in [0.15, 0.2) is 30.3 Å². The Morgan fingerprint density at radius 3 is 2.59 bits per heavy atom. The van der Waals surface area contributed by atoms with E-state index in [1.165, 1.54) is 18.4 Å². The summed E-state index contributed by atoms with van der Waals surface area (Å²) in [5, 5.41) is 3.35. The number of anilines is 2. The van der Waals surface area contributed by atoms with Crippen molar-refractivity contribution >= 4 is 34.0 Å². The average molecular weight is 388 g/mol. The van der Waals surface area contributed by atoms with E-state index in [0.29, 0.717) is 15.7 Å². The van der Waals surface area contributed by atoms with Gasteiger partial charge in [-0.2, -0.15) is 0 Å². The minimum atomic E-state index is -0.426. The zero-order chi connectivity index (χ0) is 19.6. The molecule has 0 aliphatic carbocycles. The minimum absolute atomic E-state index is 0.0954. The lowest BCUT2D eigenvalue weighted by Crippen LogP contribution is -2.39. The topological polar surface area (TPSA) is 71.5 Å². The van der Waals surface area contributed by atoms with Crippen LogP contribution in [0.4, 0.5) is 10.8 Å². The molecule has 0 bridgehead atoms. The van der Waals surface area contributed by atoms with Crippen LogP contribution in [0, 0.1) is 0 Å². The van der Waals surface area contributed by atoms with Crippen LogP contribution < -0.4 is 10.2 Å². The highest BCUT2D eigenvalue weighted by Crippen LogP contribution is 2.33. The summed E-state index contributed by atoms with van der Waals surface area (Å²) in [4.78, 5) is 32.1. The van der Waals surface area contributed by atoms with Crippen LogP contribution in [0.2, 0.25) is 0 Å². The summed E-state index contributed by atoms with van der Waals surface area (Å²) in [6, 6.07) is 9.70. The first-order valence-electron chi connectivity index (χ1n) is 9.03. The van der Waals surface area contributed by atoms with Gasteiger partial charge in [0.1, 0.15) is 10.9 Å². The molecule has 27 heavy (non-hydrogen) atoms. The second-order valence-corrected chi connectivity index (χ2v) is 8.61. The van der Waals surface area contributed by atoms with E-state index in [0.717, 1.165) is 25.1 Å². The summed E-state index contributed by atoms with van der Waals surface area (Å²) < 4.78 is 4.88. The van der Waals surface area contributed by atoms with Crippen LogP contribution in [0.1, 0.15) is 49.0 Å². The molecule has 2 aromatic rings. The van der Waals surface area contributed by atoms with Gasteiger partial charge in [0.2, 0.25) is 5.91 Å². The molecular formula is C20H25N3O3S. The second-order valence-electron chi connectivity index (χ2n) is 7.61. The fourth-order valence-electron chi connectivity index (χ4n) is 3.27. The summed E-state index contributed by atoms with van der Waals surface area (Å²) in [6.07, 6.45) is 1.76. The maximum Gasteiger partial charge on any atom is 0.350 e. The SMILES string of the molecule is COC(=O)c1sc(NC(=O)[C@@H]2CCCN2c2ccccc2)nc1C(C)(C)C. The van der Waals surface area contributed by atoms with Crippen molar-refractivity contribution in [3.05, 3.63) is 40.9 Å². The third kappa shape index (κ3) is 4.13. The van der Waals surface area contributed by atoms with Crippen molar-refractivity contribution in [1.29, 1.82) is 0 Å². The number of esters is 1. The molecular weight excluding hydrogens is 362 g/mol. The van der Waals surface area contributed by atoms with Gasteiger partial charge in [-0.15, -0.1) is 0 Å². The first kappa shape index (κ1) is 19.4. The molecule has 1 amide bonds. The molecule has 1 aliphatic heterocycles. The van der Waals surface area contributed by atoms with Gasteiger partial charge in [-0.25, -0.2) is 9.78 Å². The largest absolute Gasteiger partial charge is 0.465 e. The number of carbonyl (C=O) groups excluding carboxylic acids is 2. The highest BCUT2D eigenvalue weighted by atomic mass is 32.1. The van der Waals surface area contributed by atoms with E-state index in [1.54, 1.807) is 0 Å². The zero-order valence-corrected chi connectivity index (χ0v) is 16.9. The van der Waals surface area contributed by atoms with Crippen molar-refractivity contribution in [2.24, 2.45) is 0 Å². The number of para-hydroxylation sites is 1. The number of ether oxygens (including phenoxy) is 1. The Bertz CT molecular complexity index is 827. The molecule has 1 aromatic heterocycles. The smallest absolute Gasteiger partial charge is 0.350 e. The van der Waals surface area contributed by atoms with E-state index in [4.69, 9.17) is 4.74 Å². The van der Waals surface area contributed by atoms with Crippen molar-refractivity contribution in [2.75, 3.05) is 23.9 Å². The van der Waals surface area contributed by atoms with Gasteiger partial charge in [-0.1, -0.05) is 50.3 Å².